The quantitative estimate of drug-likeness (QED) is 0.491. The Hall–Kier alpha value is -2.35. The maximum atomic E-state index is 4.68. The molecule has 0 bridgehead atoms. The molecule has 0 unspecified atom stereocenters. The van der Waals surface area contributed by atoms with Crippen molar-refractivity contribution in [2.75, 3.05) is 0 Å². The van der Waals surface area contributed by atoms with Crippen molar-refractivity contribution in [2.24, 2.45) is 0 Å². The summed E-state index contributed by atoms with van der Waals surface area (Å²) in [4.78, 5) is 4.68. The van der Waals surface area contributed by atoms with Gasteiger partial charge in [0.1, 0.15) is 5.82 Å². The number of hydrogen-bond donors (Lipinski definition) is 0. The molecule has 0 N–H and O–H groups in total. The van der Waals surface area contributed by atoms with Gasteiger partial charge in [0, 0.05) is 18.0 Å². The lowest BCUT2D eigenvalue weighted by Gasteiger charge is -2.24. The first-order valence-corrected chi connectivity index (χ1v) is 9.67. The molecule has 0 amide bonds. The van der Waals surface area contributed by atoms with Gasteiger partial charge in [-0.2, -0.15) is 0 Å². The van der Waals surface area contributed by atoms with Crippen molar-refractivity contribution >= 4 is 0 Å². The van der Waals surface area contributed by atoms with E-state index in [9.17, 15) is 0 Å². The molecule has 1 heterocycles. The van der Waals surface area contributed by atoms with Crippen molar-refractivity contribution in [3.8, 4) is 17.1 Å². The van der Waals surface area contributed by atoms with E-state index < -0.39 is 0 Å². The Kier molecular flexibility index (Phi) is 5.31. The van der Waals surface area contributed by atoms with Gasteiger partial charge in [-0.15, -0.1) is 0 Å². The molecule has 2 aromatic carbocycles. The molecule has 0 aliphatic rings. The van der Waals surface area contributed by atoms with Crippen LogP contribution < -0.4 is 0 Å². The summed E-state index contributed by atoms with van der Waals surface area (Å²) in [6.45, 7) is 13.7. The Labute approximate surface area is 157 Å². The highest BCUT2D eigenvalue weighted by atomic mass is 15.1. The summed E-state index contributed by atoms with van der Waals surface area (Å²) in [7, 11) is 0. The number of aromatic nitrogens is 2. The molecule has 3 rings (SSSR count). The molecule has 0 spiro atoms. The number of benzene rings is 2. The van der Waals surface area contributed by atoms with E-state index >= 15 is 0 Å². The maximum absolute atomic E-state index is 4.68. The first-order chi connectivity index (χ1) is 12.4. The molecule has 136 valence electrons. The second kappa shape index (κ2) is 7.49. The molecule has 0 aliphatic carbocycles. The third-order valence-corrected chi connectivity index (χ3v) is 5.02. The molecule has 0 aliphatic heterocycles. The third-order valence-electron chi connectivity index (χ3n) is 5.02. The van der Waals surface area contributed by atoms with Crippen molar-refractivity contribution < 1.29 is 0 Å². The molecule has 0 radical (unpaired) electrons. The summed E-state index contributed by atoms with van der Waals surface area (Å²) in [5, 5.41) is 0. The van der Waals surface area contributed by atoms with Crippen molar-refractivity contribution in [1.82, 2.24) is 9.55 Å². The van der Waals surface area contributed by atoms with Crippen LogP contribution in [0.15, 0.2) is 54.9 Å². The second-order valence-electron chi connectivity index (χ2n) is 8.00. The molecule has 0 saturated heterocycles. The van der Waals surface area contributed by atoms with E-state index in [2.05, 4.69) is 93.7 Å². The second-order valence-corrected chi connectivity index (χ2v) is 8.00. The van der Waals surface area contributed by atoms with Gasteiger partial charge in [-0.05, 0) is 34.4 Å². The lowest BCUT2D eigenvalue weighted by Crippen LogP contribution is -2.09. The highest BCUT2D eigenvalue weighted by molar-refractivity contribution is 5.63. The van der Waals surface area contributed by atoms with E-state index in [-0.39, 0.29) is 0 Å². The van der Waals surface area contributed by atoms with Crippen LogP contribution in [-0.2, 0) is 0 Å². The standard InChI is InChI=1S/C24H30N2/c1-16(2)20-14-21(17(3)4)23(22(15-20)18(5)6)26-13-12-25-24(26)19-10-8-7-9-11-19/h7-18H,1-6H3. The minimum absolute atomic E-state index is 0.451. The topological polar surface area (TPSA) is 17.8 Å². The van der Waals surface area contributed by atoms with E-state index in [1.807, 2.05) is 12.3 Å². The Bertz CT molecular complexity index is 841. The summed E-state index contributed by atoms with van der Waals surface area (Å²) < 4.78 is 2.28. The molecule has 1 aromatic heterocycles. The molecule has 2 heteroatoms. The summed E-state index contributed by atoms with van der Waals surface area (Å²) in [5.41, 5.74) is 6.67. The van der Waals surface area contributed by atoms with Gasteiger partial charge in [0.25, 0.3) is 0 Å². The van der Waals surface area contributed by atoms with Crippen LogP contribution in [-0.4, -0.2) is 9.55 Å². The van der Waals surface area contributed by atoms with Crippen LogP contribution >= 0.6 is 0 Å². The Morgan fingerprint density at radius 2 is 1.35 bits per heavy atom. The average Bonchev–Trinajstić information content (AvgIpc) is 3.10. The average molecular weight is 347 g/mol. The van der Waals surface area contributed by atoms with Crippen LogP contribution in [0.25, 0.3) is 17.1 Å². The van der Waals surface area contributed by atoms with Gasteiger partial charge in [0.15, 0.2) is 0 Å². The van der Waals surface area contributed by atoms with Gasteiger partial charge in [-0.25, -0.2) is 4.98 Å². The third kappa shape index (κ3) is 3.46. The zero-order chi connectivity index (χ0) is 18.8. The van der Waals surface area contributed by atoms with Gasteiger partial charge >= 0.3 is 0 Å². The zero-order valence-electron chi connectivity index (χ0n) is 16.8. The SMILES string of the molecule is CC(C)c1cc(C(C)C)c(-n2ccnc2-c2ccccc2)c(C(C)C)c1. The Morgan fingerprint density at radius 3 is 1.85 bits per heavy atom. The zero-order valence-corrected chi connectivity index (χ0v) is 16.8. The fourth-order valence-corrected chi connectivity index (χ4v) is 3.48. The molecule has 0 fully saturated rings. The summed E-state index contributed by atoms with van der Waals surface area (Å²) in [6, 6.07) is 15.2. The van der Waals surface area contributed by atoms with Crippen LogP contribution in [0.1, 0.15) is 76.0 Å². The lowest BCUT2D eigenvalue weighted by molar-refractivity contribution is 0.784. The number of imidazole rings is 1. The van der Waals surface area contributed by atoms with E-state index in [1.165, 1.54) is 22.4 Å². The smallest absolute Gasteiger partial charge is 0.144 e. The largest absolute Gasteiger partial charge is 0.299 e. The van der Waals surface area contributed by atoms with Gasteiger partial charge in [0.05, 0.1) is 5.69 Å². The van der Waals surface area contributed by atoms with Crippen LogP contribution in [0.3, 0.4) is 0 Å². The first kappa shape index (κ1) is 18.4. The number of rotatable bonds is 5. The molecule has 3 aromatic rings. The predicted molar refractivity (Wildman–Crippen MR) is 111 cm³/mol. The number of hydrogen-bond acceptors (Lipinski definition) is 1. The van der Waals surface area contributed by atoms with E-state index in [4.69, 9.17) is 0 Å². The highest BCUT2D eigenvalue weighted by Gasteiger charge is 2.20. The maximum Gasteiger partial charge on any atom is 0.144 e. The summed E-state index contributed by atoms with van der Waals surface area (Å²) >= 11 is 0. The van der Waals surface area contributed by atoms with Gasteiger partial charge in [-0.1, -0.05) is 84.0 Å². The van der Waals surface area contributed by atoms with Crippen molar-refractivity contribution in [1.29, 1.82) is 0 Å². The summed E-state index contributed by atoms with van der Waals surface area (Å²) in [5.74, 6) is 2.43. The van der Waals surface area contributed by atoms with E-state index in [1.54, 1.807) is 0 Å². The minimum Gasteiger partial charge on any atom is -0.299 e. The number of nitrogens with zero attached hydrogens (tertiary/aromatic N) is 2. The Morgan fingerprint density at radius 1 is 0.769 bits per heavy atom. The van der Waals surface area contributed by atoms with Crippen molar-refractivity contribution in [3.63, 3.8) is 0 Å². The van der Waals surface area contributed by atoms with Gasteiger partial charge in [-0.3, -0.25) is 4.57 Å². The van der Waals surface area contributed by atoms with Crippen LogP contribution in [0, 0.1) is 0 Å². The van der Waals surface area contributed by atoms with Crippen molar-refractivity contribution in [3.05, 3.63) is 71.5 Å². The molecular formula is C24H30N2. The monoisotopic (exact) mass is 346 g/mol. The Balaban J connectivity index is 2.30. The predicted octanol–water partition coefficient (Wildman–Crippen LogP) is 6.91. The summed E-state index contributed by atoms with van der Waals surface area (Å²) in [6.07, 6.45) is 4.01. The molecule has 0 saturated carbocycles. The minimum atomic E-state index is 0.451. The van der Waals surface area contributed by atoms with Crippen molar-refractivity contribution in [2.45, 2.75) is 59.3 Å². The van der Waals surface area contributed by atoms with E-state index in [0.29, 0.717) is 17.8 Å². The lowest BCUT2D eigenvalue weighted by atomic mass is 9.87. The van der Waals surface area contributed by atoms with Crippen LogP contribution in [0.5, 0.6) is 0 Å². The first-order valence-electron chi connectivity index (χ1n) is 9.67. The highest BCUT2D eigenvalue weighted by Crippen LogP contribution is 2.36. The molecular weight excluding hydrogens is 316 g/mol. The van der Waals surface area contributed by atoms with Crippen LogP contribution in [0.2, 0.25) is 0 Å². The van der Waals surface area contributed by atoms with E-state index in [0.717, 1.165) is 11.4 Å². The normalized spacial score (nSPS) is 11.7. The van der Waals surface area contributed by atoms with Crippen LogP contribution in [0.4, 0.5) is 0 Å². The van der Waals surface area contributed by atoms with Gasteiger partial charge in [0.2, 0.25) is 0 Å². The van der Waals surface area contributed by atoms with Gasteiger partial charge < -0.3 is 0 Å². The molecule has 2 nitrogen and oxygen atoms in total. The fraction of sp³-hybridized carbons (Fsp3) is 0.375. The molecule has 0 atom stereocenters. The molecule has 26 heavy (non-hydrogen) atoms. The fourth-order valence-electron chi connectivity index (χ4n) is 3.48.